The lowest BCUT2D eigenvalue weighted by Crippen LogP contribution is -2.61. The van der Waals surface area contributed by atoms with Gasteiger partial charge in [-0.25, -0.2) is 4.79 Å². The van der Waals surface area contributed by atoms with Crippen molar-refractivity contribution in [2.75, 3.05) is 38.7 Å². The zero-order valence-corrected chi connectivity index (χ0v) is 36.4. The first kappa shape index (κ1) is 53.0. The monoisotopic (exact) mass is 929 g/mol. The fourth-order valence-electron chi connectivity index (χ4n) is 6.68. The van der Waals surface area contributed by atoms with Gasteiger partial charge in [-0.3, -0.25) is 38.6 Å². The topological polar surface area (TPSA) is 383 Å². The molecule has 0 radical (unpaired) electrons. The van der Waals surface area contributed by atoms with Gasteiger partial charge in [-0.1, -0.05) is 60.7 Å². The van der Waals surface area contributed by atoms with Crippen LogP contribution >= 0.6 is 12.6 Å². The summed E-state index contributed by atoms with van der Waals surface area (Å²) in [5.74, 6) is -7.94. The second-order valence-corrected chi connectivity index (χ2v) is 15.4. The number of aliphatic hydroxyl groups is 3. The van der Waals surface area contributed by atoms with Gasteiger partial charge in [0.2, 0.25) is 41.4 Å². The SMILES string of the molecule is NC(N)=NCCC[C@H](NC(=O)[C@@H]1CCCN1C(=O)[C@H](Cc1ccccc1)NC(=O)[C@H](Cc1ccccc1)NC(=O)[C@H](CO)NC(=O)[C@H](CO)NC(=O)[C@@H](N)CO)C(=O)N[C@@H](CS)C(=O)O. The normalized spacial score (nSPS) is 16.5. The van der Waals surface area contributed by atoms with Crippen LogP contribution in [0.1, 0.15) is 36.8 Å². The summed E-state index contributed by atoms with van der Waals surface area (Å²) < 4.78 is 0. The van der Waals surface area contributed by atoms with Gasteiger partial charge in [-0.15, -0.1) is 0 Å². The Bertz CT molecular complexity index is 1960. The number of aliphatic imine (C=N–C) groups is 1. The number of nitrogens with zero attached hydrogens (tertiary/aromatic N) is 2. The molecule has 2 aromatic rings. The predicted octanol–water partition coefficient (Wildman–Crippen LogP) is -5.26. The van der Waals surface area contributed by atoms with Gasteiger partial charge >= 0.3 is 5.97 Å². The second kappa shape index (κ2) is 27.1. The predicted molar refractivity (Wildman–Crippen MR) is 237 cm³/mol. The number of amides is 7. The highest BCUT2D eigenvalue weighted by atomic mass is 32.1. The van der Waals surface area contributed by atoms with Crippen molar-refractivity contribution in [3.63, 3.8) is 0 Å². The average Bonchev–Trinajstić information content (AvgIpc) is 3.79. The van der Waals surface area contributed by atoms with E-state index in [0.29, 0.717) is 17.5 Å². The molecule has 0 bridgehead atoms. The highest BCUT2D eigenvalue weighted by molar-refractivity contribution is 7.80. The molecule has 0 aliphatic carbocycles. The number of nitrogens with two attached hydrogens (primary N) is 3. The Hall–Kier alpha value is -6.34. The van der Waals surface area contributed by atoms with Crippen LogP contribution in [0.3, 0.4) is 0 Å². The van der Waals surface area contributed by atoms with Crippen LogP contribution in [0.2, 0.25) is 0 Å². The van der Waals surface area contributed by atoms with Gasteiger partial charge in [-0.2, -0.15) is 12.6 Å². The van der Waals surface area contributed by atoms with Crippen molar-refractivity contribution < 1.29 is 58.8 Å². The average molecular weight is 930 g/mol. The van der Waals surface area contributed by atoms with E-state index < -0.39 is 115 Å². The molecule has 1 aliphatic heterocycles. The number of rotatable bonds is 26. The van der Waals surface area contributed by atoms with Crippen molar-refractivity contribution >= 4 is 65.9 Å². The van der Waals surface area contributed by atoms with E-state index in [4.69, 9.17) is 22.3 Å². The number of guanidine groups is 1. The molecule has 16 N–H and O–H groups in total. The molecule has 356 valence electrons. The van der Waals surface area contributed by atoms with Gasteiger partial charge < -0.3 is 74.4 Å². The molecule has 8 atom stereocenters. The molecule has 1 saturated heterocycles. The highest BCUT2D eigenvalue weighted by Crippen LogP contribution is 2.21. The third-order valence-corrected chi connectivity index (χ3v) is 10.6. The molecule has 3 rings (SSSR count). The highest BCUT2D eigenvalue weighted by Gasteiger charge is 2.40. The third kappa shape index (κ3) is 16.9. The van der Waals surface area contributed by atoms with Gasteiger partial charge in [0.1, 0.15) is 48.3 Å². The molecule has 65 heavy (non-hydrogen) atoms. The van der Waals surface area contributed by atoms with Gasteiger partial charge in [-0.05, 0) is 36.8 Å². The maximum absolute atomic E-state index is 14.6. The van der Waals surface area contributed by atoms with E-state index in [1.54, 1.807) is 60.7 Å². The Morgan fingerprint density at radius 2 is 1.14 bits per heavy atom. The van der Waals surface area contributed by atoms with E-state index in [-0.39, 0.29) is 56.9 Å². The van der Waals surface area contributed by atoms with E-state index >= 15 is 0 Å². The fourth-order valence-corrected chi connectivity index (χ4v) is 6.92. The molecule has 0 aromatic heterocycles. The van der Waals surface area contributed by atoms with Gasteiger partial charge in [0.15, 0.2) is 5.96 Å². The lowest BCUT2D eigenvalue weighted by atomic mass is 10.0. The van der Waals surface area contributed by atoms with Crippen molar-refractivity contribution in [1.29, 1.82) is 0 Å². The number of aliphatic hydroxyl groups excluding tert-OH is 3. The Morgan fingerprint density at radius 3 is 1.65 bits per heavy atom. The molecule has 0 spiro atoms. The minimum atomic E-state index is -1.71. The quantitative estimate of drug-likeness (QED) is 0.0181. The first-order valence-electron chi connectivity index (χ1n) is 20.7. The smallest absolute Gasteiger partial charge is 0.327 e. The molecule has 24 heteroatoms. The van der Waals surface area contributed by atoms with Crippen LogP contribution < -0.4 is 49.1 Å². The standard InChI is InChI=1S/C41H59N11O12S/c42-25(19-53)33(56)49-29(20-54)37(60)50-30(21-55)36(59)47-27(17-23-9-3-1-4-10-23)35(58)48-28(18-24-11-5-2-6-12-24)39(62)52-16-8-14-32(52)38(61)46-26(13-7-15-45-41(43)44)34(57)51-31(22-65)40(63)64/h1-6,9-12,25-32,53-55,65H,7-8,13-22,42H2,(H,46,61)(H,47,59)(H,48,58)(H,49,56)(H,50,60)(H,51,57)(H,63,64)(H4,43,44,45)/t25-,26-,27-,28-,29-,30-,31-,32-/m0/s1. The number of thiol groups is 1. The van der Waals surface area contributed by atoms with Crippen LogP contribution in [0.5, 0.6) is 0 Å². The van der Waals surface area contributed by atoms with Gasteiger partial charge in [0, 0.05) is 31.7 Å². The lowest BCUT2D eigenvalue weighted by molar-refractivity contribution is -0.143. The first-order chi connectivity index (χ1) is 31.0. The van der Waals surface area contributed by atoms with E-state index in [1.165, 1.54) is 4.90 Å². The van der Waals surface area contributed by atoms with Gasteiger partial charge in [0.25, 0.3) is 0 Å². The number of carbonyl (C=O) groups excluding carboxylic acids is 7. The summed E-state index contributed by atoms with van der Waals surface area (Å²) in [5, 5.41) is 53.1. The number of carboxylic acid groups (broad SMARTS) is 1. The van der Waals surface area contributed by atoms with Crippen LogP contribution in [0.25, 0.3) is 0 Å². The van der Waals surface area contributed by atoms with Crippen molar-refractivity contribution in [3.05, 3.63) is 71.8 Å². The minimum absolute atomic E-state index is 0.00608. The van der Waals surface area contributed by atoms with Crippen molar-refractivity contribution in [3.8, 4) is 0 Å². The number of benzene rings is 2. The molecule has 1 heterocycles. The number of carboxylic acids is 1. The lowest BCUT2D eigenvalue weighted by Gasteiger charge is -2.31. The number of hydrogen-bond acceptors (Lipinski definition) is 14. The summed E-state index contributed by atoms with van der Waals surface area (Å²) in [4.78, 5) is 112. The summed E-state index contributed by atoms with van der Waals surface area (Å²) in [7, 11) is 0. The Labute approximate surface area is 380 Å². The molecule has 1 fully saturated rings. The summed E-state index contributed by atoms with van der Waals surface area (Å²) in [6.45, 7) is -2.50. The molecule has 7 amide bonds. The van der Waals surface area contributed by atoms with E-state index in [9.17, 15) is 53.7 Å². The van der Waals surface area contributed by atoms with Gasteiger partial charge in [0.05, 0.1) is 19.8 Å². The zero-order chi connectivity index (χ0) is 48.1. The summed E-state index contributed by atoms with van der Waals surface area (Å²) in [5.41, 5.74) is 17.5. The Balaban J connectivity index is 1.90. The number of carbonyl (C=O) groups is 8. The number of likely N-dealkylation sites (tertiary alicyclic amines) is 1. The number of aliphatic carboxylic acids is 1. The fraction of sp³-hybridized carbons (Fsp3) is 0.488. The van der Waals surface area contributed by atoms with E-state index in [0.717, 1.165) is 0 Å². The maximum atomic E-state index is 14.6. The molecule has 0 unspecified atom stereocenters. The Kier molecular flexibility index (Phi) is 22.1. The summed E-state index contributed by atoms with van der Waals surface area (Å²) >= 11 is 3.99. The van der Waals surface area contributed by atoms with Crippen molar-refractivity contribution in [2.24, 2.45) is 22.2 Å². The molecular formula is C41H59N11O12S. The van der Waals surface area contributed by atoms with Crippen LogP contribution in [0, 0.1) is 0 Å². The van der Waals surface area contributed by atoms with Crippen LogP contribution in [0.4, 0.5) is 0 Å². The van der Waals surface area contributed by atoms with Crippen molar-refractivity contribution in [1.82, 2.24) is 36.8 Å². The summed E-state index contributed by atoms with van der Waals surface area (Å²) in [6.07, 6.45) is 0.546. The van der Waals surface area contributed by atoms with E-state index in [2.05, 4.69) is 49.5 Å². The largest absolute Gasteiger partial charge is 0.480 e. The zero-order valence-electron chi connectivity index (χ0n) is 35.5. The second-order valence-electron chi connectivity index (χ2n) is 15.1. The number of hydrogen-bond donors (Lipinski definition) is 14. The molecule has 23 nitrogen and oxygen atoms in total. The van der Waals surface area contributed by atoms with Crippen LogP contribution in [-0.2, 0) is 51.2 Å². The first-order valence-corrected chi connectivity index (χ1v) is 21.3. The van der Waals surface area contributed by atoms with E-state index in [1.807, 2.05) is 0 Å². The Morgan fingerprint density at radius 1 is 0.662 bits per heavy atom. The molecular weight excluding hydrogens is 871 g/mol. The molecule has 0 saturated carbocycles. The third-order valence-electron chi connectivity index (χ3n) is 10.2. The minimum Gasteiger partial charge on any atom is -0.480 e. The van der Waals surface area contributed by atoms with Crippen molar-refractivity contribution in [2.45, 2.75) is 86.9 Å². The number of nitrogens with one attached hydrogen (secondary N) is 6. The van der Waals surface area contributed by atoms with Crippen LogP contribution in [-0.4, -0.2) is 166 Å². The van der Waals surface area contributed by atoms with Crippen LogP contribution in [0.15, 0.2) is 65.7 Å². The molecule has 2 aromatic carbocycles. The maximum Gasteiger partial charge on any atom is 0.327 e. The molecule has 1 aliphatic rings. The summed E-state index contributed by atoms with van der Waals surface area (Å²) in [6, 6.07) is 5.85.